The number of aryl methyl sites for hydroxylation is 1. The smallest absolute Gasteiger partial charge is 0.744 e. The first kappa shape index (κ1) is 20.3. The van der Waals surface area contributed by atoms with E-state index in [0.717, 1.165) is 12.1 Å². The van der Waals surface area contributed by atoms with Crippen molar-refractivity contribution in [2.75, 3.05) is 0 Å². The molecule has 0 fully saturated rings. The Hall–Kier alpha value is -2.04. The molecule has 0 atom stereocenters. The fourth-order valence-electron chi connectivity index (χ4n) is 2.16. The number of rotatable bonds is 4. The van der Waals surface area contributed by atoms with E-state index in [2.05, 4.69) is 15.3 Å². The largest absolute Gasteiger partial charge is 1.00 e. The van der Waals surface area contributed by atoms with Gasteiger partial charge in [-0.2, -0.15) is 14.9 Å². The van der Waals surface area contributed by atoms with E-state index in [4.69, 9.17) is 0 Å². The van der Waals surface area contributed by atoms with Crippen LogP contribution < -0.4 is 29.6 Å². The third-order valence-corrected chi connectivity index (χ3v) is 4.25. The van der Waals surface area contributed by atoms with Gasteiger partial charge in [-0.05, 0) is 43.3 Å². The fourth-order valence-corrected chi connectivity index (χ4v) is 2.63. The minimum atomic E-state index is -4.53. The molecule has 0 spiro atoms. The average Bonchev–Trinajstić information content (AvgIpc) is 2.87. The maximum Gasteiger partial charge on any atom is 1.00 e. The van der Waals surface area contributed by atoms with Crippen LogP contribution in [0.2, 0.25) is 0 Å². The first-order chi connectivity index (χ1) is 11.9. The number of aromatic hydroxyl groups is 1. The summed E-state index contributed by atoms with van der Waals surface area (Å²) in [6, 6.07) is 14.1. The SMILES string of the molecule is Cc1nn(-c2ccc(S(=O)(=O)[O-])cc2)c(O)c1/N=N/c1ccccc1.[Na+]. The van der Waals surface area contributed by atoms with E-state index in [1.807, 2.05) is 18.2 Å². The number of benzene rings is 2. The number of aromatic nitrogens is 2. The number of hydrogen-bond donors (Lipinski definition) is 1. The van der Waals surface area contributed by atoms with Gasteiger partial charge >= 0.3 is 29.6 Å². The first-order valence-electron chi connectivity index (χ1n) is 7.18. The van der Waals surface area contributed by atoms with Gasteiger partial charge in [-0.25, -0.2) is 8.42 Å². The van der Waals surface area contributed by atoms with Gasteiger partial charge in [0.1, 0.15) is 10.1 Å². The van der Waals surface area contributed by atoms with Crippen LogP contribution in [0, 0.1) is 6.92 Å². The normalized spacial score (nSPS) is 11.5. The van der Waals surface area contributed by atoms with Gasteiger partial charge in [0, 0.05) is 0 Å². The molecule has 0 radical (unpaired) electrons. The van der Waals surface area contributed by atoms with Crippen molar-refractivity contribution in [1.82, 2.24) is 9.78 Å². The molecule has 26 heavy (non-hydrogen) atoms. The summed E-state index contributed by atoms with van der Waals surface area (Å²) in [4.78, 5) is -0.358. The van der Waals surface area contributed by atoms with Crippen molar-refractivity contribution >= 4 is 21.5 Å². The maximum atomic E-state index is 11.0. The summed E-state index contributed by atoms with van der Waals surface area (Å²) in [5.41, 5.74) is 1.65. The van der Waals surface area contributed by atoms with Crippen LogP contribution in [0.25, 0.3) is 5.69 Å². The van der Waals surface area contributed by atoms with Gasteiger partial charge in [-0.3, -0.25) is 0 Å². The van der Waals surface area contributed by atoms with Gasteiger partial charge in [0.2, 0.25) is 5.88 Å². The Morgan fingerprint density at radius 2 is 1.65 bits per heavy atom. The van der Waals surface area contributed by atoms with Crippen molar-refractivity contribution in [2.45, 2.75) is 11.8 Å². The van der Waals surface area contributed by atoms with Crippen LogP contribution in [-0.4, -0.2) is 27.9 Å². The molecule has 0 amide bonds. The molecule has 8 nitrogen and oxygen atoms in total. The molecule has 1 aromatic heterocycles. The van der Waals surface area contributed by atoms with E-state index in [1.54, 1.807) is 19.1 Å². The fraction of sp³-hybridized carbons (Fsp3) is 0.0625. The Balaban J connectivity index is 0.00000243. The molecular weight excluding hydrogens is 367 g/mol. The minimum Gasteiger partial charge on any atom is -0.744 e. The summed E-state index contributed by atoms with van der Waals surface area (Å²) in [5.74, 6) is -0.241. The zero-order valence-electron chi connectivity index (χ0n) is 14.1. The molecule has 0 bridgehead atoms. The van der Waals surface area contributed by atoms with Crippen molar-refractivity contribution < 1.29 is 47.6 Å². The molecule has 0 saturated heterocycles. The van der Waals surface area contributed by atoms with Crippen molar-refractivity contribution in [3.8, 4) is 11.6 Å². The summed E-state index contributed by atoms with van der Waals surface area (Å²) in [6.07, 6.45) is 0. The van der Waals surface area contributed by atoms with E-state index >= 15 is 0 Å². The Kier molecular flexibility index (Phi) is 6.32. The standard InChI is InChI=1S/C16H14N4O4S.Na/c1-11-15(18-17-12-5-3-2-4-6-12)16(21)20(19-11)13-7-9-14(10-8-13)25(22,23)24;/h2-10,21H,1H3,(H,22,23,24);/q;+1/p-1/b18-17+;. The number of azo groups is 1. The molecule has 3 aromatic rings. The summed E-state index contributed by atoms with van der Waals surface area (Å²) < 4.78 is 34.1. The number of hydrogen-bond acceptors (Lipinski definition) is 7. The van der Waals surface area contributed by atoms with Gasteiger partial charge in [0.05, 0.1) is 22.0 Å². The monoisotopic (exact) mass is 380 g/mol. The van der Waals surface area contributed by atoms with Crippen molar-refractivity contribution in [3.05, 3.63) is 60.3 Å². The Morgan fingerprint density at radius 3 is 2.23 bits per heavy atom. The van der Waals surface area contributed by atoms with Gasteiger partial charge in [0.25, 0.3) is 0 Å². The molecule has 128 valence electrons. The summed E-state index contributed by atoms with van der Waals surface area (Å²) >= 11 is 0. The summed E-state index contributed by atoms with van der Waals surface area (Å²) in [7, 11) is -4.53. The van der Waals surface area contributed by atoms with Gasteiger partial charge in [-0.1, -0.05) is 18.2 Å². The van der Waals surface area contributed by atoms with E-state index in [-0.39, 0.29) is 46.0 Å². The van der Waals surface area contributed by atoms with Gasteiger partial charge in [-0.15, -0.1) is 5.11 Å². The molecule has 0 aliphatic rings. The molecule has 0 aliphatic carbocycles. The van der Waals surface area contributed by atoms with Crippen LogP contribution in [0.3, 0.4) is 0 Å². The second-order valence-corrected chi connectivity index (χ2v) is 6.53. The van der Waals surface area contributed by atoms with E-state index < -0.39 is 10.1 Å². The maximum absolute atomic E-state index is 11.0. The summed E-state index contributed by atoms with van der Waals surface area (Å²) in [6.45, 7) is 1.66. The second-order valence-electron chi connectivity index (χ2n) is 5.15. The molecule has 1 N–H and O–H groups in total. The molecule has 2 aromatic carbocycles. The van der Waals surface area contributed by atoms with Crippen molar-refractivity contribution in [1.29, 1.82) is 0 Å². The second kappa shape index (κ2) is 8.11. The Morgan fingerprint density at radius 1 is 1.04 bits per heavy atom. The third-order valence-electron chi connectivity index (χ3n) is 3.40. The first-order valence-corrected chi connectivity index (χ1v) is 8.59. The van der Waals surface area contributed by atoms with Gasteiger partial charge < -0.3 is 9.66 Å². The van der Waals surface area contributed by atoms with Crippen LogP contribution in [-0.2, 0) is 10.1 Å². The van der Waals surface area contributed by atoms with E-state index in [1.165, 1.54) is 16.8 Å². The van der Waals surface area contributed by atoms with E-state index in [9.17, 15) is 18.1 Å². The minimum absolute atomic E-state index is 0. The van der Waals surface area contributed by atoms with Crippen LogP contribution in [0.4, 0.5) is 11.4 Å². The number of nitrogens with zero attached hydrogens (tertiary/aromatic N) is 4. The van der Waals surface area contributed by atoms with Crippen molar-refractivity contribution in [2.24, 2.45) is 10.2 Å². The molecule has 1 heterocycles. The molecule has 3 rings (SSSR count). The zero-order chi connectivity index (χ0) is 18.0. The van der Waals surface area contributed by atoms with Crippen LogP contribution in [0.5, 0.6) is 5.88 Å². The van der Waals surface area contributed by atoms with E-state index in [0.29, 0.717) is 17.1 Å². The molecule has 0 aliphatic heterocycles. The van der Waals surface area contributed by atoms with Crippen molar-refractivity contribution in [3.63, 3.8) is 0 Å². The van der Waals surface area contributed by atoms with Crippen LogP contribution >= 0.6 is 0 Å². The predicted octanol–water partition coefficient (Wildman–Crippen LogP) is 0.210. The Bertz CT molecular complexity index is 1030. The average molecular weight is 380 g/mol. The predicted molar refractivity (Wildman–Crippen MR) is 88.5 cm³/mol. The third kappa shape index (κ3) is 4.37. The molecule has 10 heteroatoms. The quantitative estimate of drug-likeness (QED) is 0.394. The molecular formula is C16H13N4NaO4S. The summed E-state index contributed by atoms with van der Waals surface area (Å²) in [5, 5.41) is 22.6. The molecule has 0 saturated carbocycles. The van der Waals surface area contributed by atoms with Gasteiger partial charge in [0.15, 0.2) is 5.69 Å². The van der Waals surface area contributed by atoms with Crippen LogP contribution in [0.15, 0.2) is 69.7 Å². The zero-order valence-corrected chi connectivity index (χ0v) is 16.9. The molecule has 0 unspecified atom stereocenters. The Labute approximate surface area is 172 Å². The van der Waals surface area contributed by atoms with Crippen LogP contribution in [0.1, 0.15) is 5.69 Å². The topological polar surface area (TPSA) is 120 Å².